The molecule has 1 saturated carbocycles. The van der Waals surface area contributed by atoms with Crippen molar-refractivity contribution in [2.75, 3.05) is 9.71 Å². The molecule has 1 aliphatic carbocycles. The predicted octanol–water partition coefficient (Wildman–Crippen LogP) is 14.7. The second-order valence-electron chi connectivity index (χ2n) is 21.6. The summed E-state index contributed by atoms with van der Waals surface area (Å²) >= 11 is 0. The maximum atomic E-state index is 7.27. The smallest absolute Gasteiger partial charge is 0.333 e. The Morgan fingerprint density at radius 2 is 1.25 bits per heavy atom. The van der Waals surface area contributed by atoms with Crippen LogP contribution in [-0.4, -0.2) is 12.4 Å². The summed E-state index contributed by atoms with van der Waals surface area (Å²) < 4.78 is 14.0. The van der Waals surface area contributed by atoms with Crippen LogP contribution in [0.3, 0.4) is 0 Å². The summed E-state index contributed by atoms with van der Waals surface area (Å²) in [6.45, 7) is 19.2. The second kappa shape index (κ2) is 12.3. The van der Waals surface area contributed by atoms with Crippen LogP contribution in [0.15, 0.2) is 136 Å². The summed E-state index contributed by atoms with van der Waals surface area (Å²) in [6.07, 6.45) is 4.70. The van der Waals surface area contributed by atoms with Gasteiger partial charge in [0.2, 0.25) is 0 Å². The Hall–Kier alpha value is -6.20. The number of fused-ring (bicyclic) bond motifs is 15. The van der Waals surface area contributed by atoms with Crippen molar-refractivity contribution in [1.82, 2.24) is 0 Å². The molecular formula is C58H53BN2O2. The zero-order chi connectivity index (χ0) is 42.9. The molecule has 2 unspecified atom stereocenters. The van der Waals surface area contributed by atoms with Crippen LogP contribution in [0.25, 0.3) is 66.1 Å². The van der Waals surface area contributed by atoms with E-state index in [2.05, 4.69) is 192 Å². The van der Waals surface area contributed by atoms with Crippen molar-refractivity contribution < 1.29 is 8.83 Å². The van der Waals surface area contributed by atoms with Crippen LogP contribution in [0.1, 0.15) is 97.8 Å². The van der Waals surface area contributed by atoms with Gasteiger partial charge < -0.3 is 18.5 Å². The summed E-state index contributed by atoms with van der Waals surface area (Å²) in [5, 5.41) is 4.64. The van der Waals surface area contributed by atoms with Gasteiger partial charge in [-0.25, -0.2) is 0 Å². The fourth-order valence-electron chi connectivity index (χ4n) is 12.6. The Labute approximate surface area is 370 Å². The average molecular weight is 821 g/mol. The summed E-state index contributed by atoms with van der Waals surface area (Å²) in [4.78, 5) is 5.57. The molecular weight excluding hydrogens is 767 g/mol. The molecule has 1 fully saturated rings. The zero-order valence-electron chi connectivity index (χ0n) is 37.7. The van der Waals surface area contributed by atoms with E-state index in [4.69, 9.17) is 8.83 Å². The number of furan rings is 2. The minimum atomic E-state index is -0.173. The number of hydrogen-bond acceptors (Lipinski definition) is 4. The summed E-state index contributed by atoms with van der Waals surface area (Å²) in [5.74, 6) is 0. The Morgan fingerprint density at radius 1 is 0.571 bits per heavy atom. The van der Waals surface area contributed by atoms with E-state index < -0.39 is 0 Å². The molecule has 0 saturated heterocycles. The monoisotopic (exact) mass is 820 g/mol. The average Bonchev–Trinajstić information content (AvgIpc) is 3.91. The number of anilines is 4. The van der Waals surface area contributed by atoms with Crippen LogP contribution in [0.5, 0.6) is 0 Å². The molecule has 3 aliphatic heterocycles. The molecule has 4 nitrogen and oxygen atoms in total. The normalized spacial score (nSPS) is 20.2. The molecule has 2 aromatic heterocycles. The second-order valence-corrected chi connectivity index (χ2v) is 21.6. The number of hydrogen-bond donors (Lipinski definition) is 0. The lowest BCUT2D eigenvalue weighted by molar-refractivity contribution is 0.195. The molecule has 0 spiro atoms. The topological polar surface area (TPSA) is 32.8 Å². The first-order valence-corrected chi connectivity index (χ1v) is 23.2. The van der Waals surface area contributed by atoms with Gasteiger partial charge >= 0.3 is 6.85 Å². The number of rotatable bonds is 2. The minimum absolute atomic E-state index is 0.0369. The van der Waals surface area contributed by atoms with Gasteiger partial charge in [0.1, 0.15) is 16.7 Å². The van der Waals surface area contributed by atoms with Gasteiger partial charge in [-0.1, -0.05) is 146 Å². The van der Waals surface area contributed by atoms with E-state index in [0.29, 0.717) is 0 Å². The van der Waals surface area contributed by atoms with Crippen LogP contribution in [0.4, 0.5) is 22.7 Å². The molecule has 63 heavy (non-hydrogen) atoms. The molecule has 13 rings (SSSR count). The highest BCUT2D eigenvalue weighted by atomic mass is 16.3. The van der Waals surface area contributed by atoms with E-state index in [-0.39, 0.29) is 28.6 Å². The molecule has 0 N–H and O–H groups in total. The van der Waals surface area contributed by atoms with Gasteiger partial charge in [0.25, 0.3) is 0 Å². The van der Waals surface area contributed by atoms with Crippen LogP contribution < -0.4 is 20.6 Å². The van der Waals surface area contributed by atoms with Gasteiger partial charge in [-0.05, 0) is 112 Å². The third kappa shape index (κ3) is 4.78. The molecule has 0 bridgehead atoms. The van der Waals surface area contributed by atoms with Crippen molar-refractivity contribution in [3.05, 3.63) is 144 Å². The van der Waals surface area contributed by atoms with Crippen LogP contribution in [0.2, 0.25) is 0 Å². The van der Waals surface area contributed by atoms with Gasteiger partial charge in [0, 0.05) is 55.1 Å². The molecule has 9 aromatic rings. The molecule has 310 valence electrons. The summed E-state index contributed by atoms with van der Waals surface area (Å²) in [7, 11) is 0. The lowest BCUT2D eigenvalue weighted by Gasteiger charge is -2.53. The van der Waals surface area contributed by atoms with Gasteiger partial charge in [0.05, 0.1) is 11.2 Å². The molecule has 0 amide bonds. The fraction of sp³-hybridized carbons (Fsp3) is 0.276. The van der Waals surface area contributed by atoms with Crippen molar-refractivity contribution in [2.24, 2.45) is 0 Å². The lowest BCUT2D eigenvalue weighted by Crippen LogP contribution is -2.64. The third-order valence-electron chi connectivity index (χ3n) is 16.1. The molecule has 5 heterocycles. The molecule has 5 heteroatoms. The minimum Gasteiger partial charge on any atom is -0.456 e. The van der Waals surface area contributed by atoms with E-state index in [1.54, 1.807) is 0 Å². The number of nitrogens with zero attached hydrogens (tertiary/aromatic N) is 2. The standard InChI is InChI=1S/C58H53BN2O2/c1-55(2,3)35-24-25-44(39(30-35)34-18-10-9-11-19-34)61-45-26-27-48-50(38-21-13-15-23-47(38)62-48)49(45)41-33-40-37-20-12-14-22-46(37)63-54(40)53-51(41)59(61)43-32-36(56(4,5)6)31-42-52(43)60(53)58(8)29-17-16-28-57(42,58)7/h9-15,18-27,30-33H,16-17,28-29H2,1-8H3. The van der Waals surface area contributed by atoms with E-state index >= 15 is 0 Å². The Kier molecular flexibility index (Phi) is 7.29. The van der Waals surface area contributed by atoms with E-state index in [1.807, 2.05) is 0 Å². The van der Waals surface area contributed by atoms with Gasteiger partial charge in [-0.2, -0.15) is 0 Å². The highest BCUT2D eigenvalue weighted by Gasteiger charge is 2.63. The van der Waals surface area contributed by atoms with Crippen molar-refractivity contribution in [2.45, 2.75) is 103 Å². The molecule has 4 aliphatic rings. The fourth-order valence-corrected chi connectivity index (χ4v) is 12.6. The van der Waals surface area contributed by atoms with Crippen LogP contribution in [0, 0.1) is 0 Å². The van der Waals surface area contributed by atoms with Gasteiger partial charge in [-0.15, -0.1) is 0 Å². The number of benzene rings is 7. The largest absolute Gasteiger partial charge is 0.456 e. The van der Waals surface area contributed by atoms with Crippen molar-refractivity contribution in [3.63, 3.8) is 0 Å². The quantitative estimate of drug-likeness (QED) is 0.163. The summed E-state index contributed by atoms with van der Waals surface area (Å²) in [5.41, 5.74) is 20.3. The first-order chi connectivity index (χ1) is 30.3. The third-order valence-corrected chi connectivity index (χ3v) is 16.1. The SMILES string of the molecule is CC(C)(C)c1ccc(N2B3c4cc(C(C)(C)C)cc5c4N(c4c3c(cc3c4oc4ccccc43)-c3c2ccc2oc4ccccc4c32)C2(C)CCCCC52C)c(-c2ccccc2)c1. The predicted molar refractivity (Wildman–Crippen MR) is 266 cm³/mol. The lowest BCUT2D eigenvalue weighted by atomic mass is 9.42. The Bertz CT molecular complexity index is 3430. The zero-order valence-corrected chi connectivity index (χ0v) is 37.7. The first-order valence-electron chi connectivity index (χ1n) is 23.2. The maximum Gasteiger partial charge on any atom is 0.333 e. The van der Waals surface area contributed by atoms with Crippen molar-refractivity contribution in [3.8, 4) is 22.3 Å². The number of para-hydroxylation sites is 2. The van der Waals surface area contributed by atoms with Crippen molar-refractivity contribution >= 4 is 84.4 Å². The van der Waals surface area contributed by atoms with E-state index in [0.717, 1.165) is 45.9 Å². The molecule has 2 atom stereocenters. The Morgan fingerprint density at radius 3 is 2.02 bits per heavy atom. The molecule has 0 radical (unpaired) electrons. The highest BCUT2D eigenvalue weighted by molar-refractivity contribution is 6.94. The van der Waals surface area contributed by atoms with Crippen molar-refractivity contribution in [1.29, 1.82) is 0 Å². The maximum absolute atomic E-state index is 7.27. The van der Waals surface area contributed by atoms with E-state index in [1.165, 1.54) is 96.2 Å². The van der Waals surface area contributed by atoms with E-state index in [9.17, 15) is 0 Å². The van der Waals surface area contributed by atoms with Gasteiger partial charge in [-0.3, -0.25) is 0 Å². The van der Waals surface area contributed by atoms with Crippen LogP contribution >= 0.6 is 0 Å². The van der Waals surface area contributed by atoms with Gasteiger partial charge in [0.15, 0.2) is 5.58 Å². The molecule has 7 aromatic carbocycles. The summed E-state index contributed by atoms with van der Waals surface area (Å²) in [6, 6.07) is 47.9. The van der Waals surface area contributed by atoms with Crippen LogP contribution in [-0.2, 0) is 16.2 Å². The highest BCUT2D eigenvalue weighted by Crippen LogP contribution is 2.64. The first kappa shape index (κ1) is 37.4. The Balaban J connectivity index is 1.27.